The van der Waals surface area contributed by atoms with Crippen molar-refractivity contribution in [1.82, 2.24) is 0 Å². The van der Waals surface area contributed by atoms with E-state index in [0.29, 0.717) is 6.42 Å². The van der Waals surface area contributed by atoms with E-state index in [1.807, 2.05) is 20.8 Å². The van der Waals surface area contributed by atoms with Crippen molar-refractivity contribution in [3.63, 3.8) is 0 Å². The molecule has 3 nitrogen and oxygen atoms in total. The van der Waals surface area contributed by atoms with E-state index in [4.69, 9.17) is 9.47 Å². The second kappa shape index (κ2) is 5.22. The summed E-state index contributed by atoms with van der Waals surface area (Å²) in [6.45, 7) is 7.62. The van der Waals surface area contributed by atoms with Gasteiger partial charge in [-0.25, -0.2) is 0 Å². The summed E-state index contributed by atoms with van der Waals surface area (Å²) < 4.78 is 10.4. The molecule has 0 aromatic rings. The van der Waals surface area contributed by atoms with Gasteiger partial charge in [0, 0.05) is 20.0 Å². The van der Waals surface area contributed by atoms with Gasteiger partial charge in [0.1, 0.15) is 6.10 Å². The van der Waals surface area contributed by atoms with E-state index in [0.717, 1.165) is 6.42 Å². The van der Waals surface area contributed by atoms with Crippen LogP contribution in [0.5, 0.6) is 0 Å². The SMILES string of the molecule is CCC(=O)O[C@@H](C)CC(C)(C)OC. The number of methoxy groups -OCH3 is 1. The number of hydrogen-bond donors (Lipinski definition) is 0. The number of hydrogen-bond acceptors (Lipinski definition) is 3. The molecule has 0 saturated carbocycles. The lowest BCUT2D eigenvalue weighted by Crippen LogP contribution is -2.29. The minimum atomic E-state index is -0.229. The predicted molar refractivity (Wildman–Crippen MR) is 51.6 cm³/mol. The minimum absolute atomic E-state index is 0.0811. The number of rotatable bonds is 5. The monoisotopic (exact) mass is 188 g/mol. The van der Waals surface area contributed by atoms with Crippen LogP contribution in [0.2, 0.25) is 0 Å². The summed E-state index contributed by atoms with van der Waals surface area (Å²) in [6, 6.07) is 0. The van der Waals surface area contributed by atoms with Crippen molar-refractivity contribution in [2.24, 2.45) is 0 Å². The fourth-order valence-corrected chi connectivity index (χ4v) is 1.12. The van der Waals surface area contributed by atoms with Crippen molar-refractivity contribution in [1.29, 1.82) is 0 Å². The van der Waals surface area contributed by atoms with Gasteiger partial charge in [-0.3, -0.25) is 4.79 Å². The van der Waals surface area contributed by atoms with E-state index in [9.17, 15) is 4.79 Å². The van der Waals surface area contributed by atoms with E-state index in [-0.39, 0.29) is 17.7 Å². The highest BCUT2D eigenvalue weighted by Gasteiger charge is 2.21. The Kier molecular flexibility index (Phi) is 4.99. The van der Waals surface area contributed by atoms with E-state index in [1.165, 1.54) is 0 Å². The zero-order chi connectivity index (χ0) is 10.5. The van der Waals surface area contributed by atoms with Gasteiger partial charge in [0.15, 0.2) is 0 Å². The maximum Gasteiger partial charge on any atom is 0.305 e. The van der Waals surface area contributed by atoms with Crippen LogP contribution in [0.4, 0.5) is 0 Å². The third-order valence-electron chi connectivity index (χ3n) is 1.95. The van der Waals surface area contributed by atoms with Gasteiger partial charge < -0.3 is 9.47 Å². The first kappa shape index (κ1) is 12.4. The van der Waals surface area contributed by atoms with E-state index in [2.05, 4.69) is 0 Å². The van der Waals surface area contributed by atoms with Crippen LogP contribution in [0.3, 0.4) is 0 Å². The summed E-state index contributed by atoms with van der Waals surface area (Å²) in [5.41, 5.74) is -0.229. The molecule has 0 bridgehead atoms. The largest absolute Gasteiger partial charge is 0.463 e. The molecule has 0 amide bonds. The van der Waals surface area contributed by atoms with Crippen LogP contribution >= 0.6 is 0 Å². The van der Waals surface area contributed by atoms with Gasteiger partial charge in [-0.1, -0.05) is 6.92 Å². The van der Waals surface area contributed by atoms with Gasteiger partial charge in [0.25, 0.3) is 0 Å². The zero-order valence-corrected chi connectivity index (χ0v) is 9.22. The molecule has 0 saturated heterocycles. The molecule has 3 heteroatoms. The Morgan fingerprint density at radius 1 is 1.46 bits per heavy atom. The standard InChI is InChI=1S/C10H20O3/c1-6-9(11)13-8(2)7-10(3,4)12-5/h8H,6-7H2,1-5H3/t8-/m0/s1. The Morgan fingerprint density at radius 2 is 2.00 bits per heavy atom. The Bertz CT molecular complexity index is 164. The van der Waals surface area contributed by atoms with Crippen molar-refractivity contribution < 1.29 is 14.3 Å². The number of esters is 1. The summed E-state index contributed by atoms with van der Waals surface area (Å²) in [7, 11) is 1.66. The maximum absolute atomic E-state index is 10.9. The van der Waals surface area contributed by atoms with Gasteiger partial charge in [-0.2, -0.15) is 0 Å². The Hall–Kier alpha value is -0.570. The molecule has 78 valence electrons. The van der Waals surface area contributed by atoms with Crippen molar-refractivity contribution in [2.75, 3.05) is 7.11 Å². The van der Waals surface area contributed by atoms with Crippen LogP contribution in [-0.2, 0) is 14.3 Å². The first-order valence-corrected chi connectivity index (χ1v) is 4.66. The molecule has 0 aliphatic heterocycles. The average molecular weight is 188 g/mol. The second-order valence-electron chi connectivity index (χ2n) is 3.82. The van der Waals surface area contributed by atoms with E-state index >= 15 is 0 Å². The van der Waals surface area contributed by atoms with Crippen LogP contribution in [0.15, 0.2) is 0 Å². The molecule has 0 rings (SSSR count). The predicted octanol–water partition coefficient (Wildman–Crippen LogP) is 2.14. The highest BCUT2D eigenvalue weighted by Crippen LogP contribution is 2.17. The molecular formula is C10H20O3. The molecule has 0 fully saturated rings. The van der Waals surface area contributed by atoms with Crippen LogP contribution in [0.25, 0.3) is 0 Å². The Morgan fingerprint density at radius 3 is 2.38 bits per heavy atom. The highest BCUT2D eigenvalue weighted by molar-refractivity contribution is 5.69. The van der Waals surface area contributed by atoms with Crippen molar-refractivity contribution in [3.05, 3.63) is 0 Å². The van der Waals surface area contributed by atoms with Gasteiger partial charge >= 0.3 is 5.97 Å². The van der Waals surface area contributed by atoms with Crippen molar-refractivity contribution in [2.45, 2.75) is 52.2 Å². The molecule has 0 N–H and O–H groups in total. The summed E-state index contributed by atoms with van der Waals surface area (Å²) in [5, 5.41) is 0. The van der Waals surface area contributed by atoms with Crippen LogP contribution < -0.4 is 0 Å². The molecule has 0 spiro atoms. The number of carbonyl (C=O) groups excluding carboxylic acids is 1. The molecule has 13 heavy (non-hydrogen) atoms. The highest BCUT2D eigenvalue weighted by atomic mass is 16.5. The summed E-state index contributed by atoms with van der Waals surface area (Å²) in [5.74, 6) is -0.153. The number of ether oxygens (including phenoxy) is 2. The van der Waals surface area contributed by atoms with Gasteiger partial charge in [-0.15, -0.1) is 0 Å². The zero-order valence-electron chi connectivity index (χ0n) is 9.22. The second-order valence-corrected chi connectivity index (χ2v) is 3.82. The fraction of sp³-hybridized carbons (Fsp3) is 0.900. The molecule has 1 atom stereocenters. The van der Waals surface area contributed by atoms with Crippen molar-refractivity contribution >= 4 is 5.97 Å². The maximum atomic E-state index is 10.9. The normalized spacial score (nSPS) is 13.9. The summed E-state index contributed by atoms with van der Waals surface area (Å²) in [6.07, 6.45) is 1.06. The topological polar surface area (TPSA) is 35.5 Å². The van der Waals surface area contributed by atoms with Crippen LogP contribution in [0, 0.1) is 0 Å². The third kappa shape index (κ3) is 5.64. The third-order valence-corrected chi connectivity index (χ3v) is 1.95. The van der Waals surface area contributed by atoms with E-state index < -0.39 is 0 Å². The molecule has 0 aliphatic carbocycles. The fourth-order valence-electron chi connectivity index (χ4n) is 1.12. The van der Waals surface area contributed by atoms with Gasteiger partial charge in [-0.05, 0) is 20.8 Å². The van der Waals surface area contributed by atoms with Crippen molar-refractivity contribution in [3.8, 4) is 0 Å². The summed E-state index contributed by atoms with van der Waals surface area (Å²) in [4.78, 5) is 10.9. The molecule has 0 aliphatic rings. The van der Waals surface area contributed by atoms with E-state index in [1.54, 1.807) is 14.0 Å². The Labute approximate surface area is 80.4 Å². The molecule has 0 aromatic heterocycles. The smallest absolute Gasteiger partial charge is 0.305 e. The van der Waals surface area contributed by atoms with Gasteiger partial charge in [0.2, 0.25) is 0 Å². The first-order chi connectivity index (χ1) is 5.91. The molecule has 0 aromatic carbocycles. The minimum Gasteiger partial charge on any atom is -0.463 e. The molecule has 0 radical (unpaired) electrons. The average Bonchev–Trinajstić information content (AvgIpc) is 2.03. The molecule has 0 heterocycles. The molecular weight excluding hydrogens is 168 g/mol. The van der Waals surface area contributed by atoms with Gasteiger partial charge in [0.05, 0.1) is 5.60 Å². The quantitative estimate of drug-likeness (QED) is 0.620. The number of carbonyl (C=O) groups is 1. The lowest BCUT2D eigenvalue weighted by atomic mass is 10.0. The Balaban J connectivity index is 3.86. The molecule has 0 unspecified atom stereocenters. The lowest BCUT2D eigenvalue weighted by Gasteiger charge is -2.26. The lowest BCUT2D eigenvalue weighted by molar-refractivity contribution is -0.150. The van der Waals surface area contributed by atoms with Crippen LogP contribution in [-0.4, -0.2) is 24.8 Å². The first-order valence-electron chi connectivity index (χ1n) is 4.66. The van der Waals surface area contributed by atoms with Crippen LogP contribution in [0.1, 0.15) is 40.5 Å². The summed E-state index contributed by atoms with van der Waals surface area (Å²) >= 11 is 0.